The molecule has 0 aliphatic carbocycles. The molecule has 0 saturated carbocycles. The minimum absolute atomic E-state index is 0.0490. The molecule has 1 rings (SSSR count). The highest BCUT2D eigenvalue weighted by Crippen LogP contribution is 2.06. The Kier molecular flexibility index (Phi) is 7.14. The first-order valence-electron chi connectivity index (χ1n) is 6.66. The zero-order valence-electron chi connectivity index (χ0n) is 11.9. The summed E-state index contributed by atoms with van der Waals surface area (Å²) < 4.78 is 33.2. The number of aryl methyl sites for hydroxylation is 1. The van der Waals surface area contributed by atoms with Gasteiger partial charge < -0.3 is 9.84 Å². The van der Waals surface area contributed by atoms with Crippen LogP contribution in [0.5, 0.6) is 0 Å². The van der Waals surface area contributed by atoms with E-state index in [0.717, 1.165) is 0 Å². The van der Waals surface area contributed by atoms with Crippen LogP contribution in [0.1, 0.15) is 20.3 Å². The van der Waals surface area contributed by atoms with Crippen molar-refractivity contribution in [3.63, 3.8) is 0 Å². The third kappa shape index (κ3) is 6.00. The molecular weight excluding hydrogens is 282 g/mol. The third-order valence-electron chi connectivity index (χ3n) is 2.45. The van der Waals surface area contributed by atoms with E-state index >= 15 is 0 Å². The van der Waals surface area contributed by atoms with Crippen LogP contribution in [0.3, 0.4) is 0 Å². The summed E-state index contributed by atoms with van der Waals surface area (Å²) in [6.07, 6.45) is 3.29. The number of rotatable bonds is 10. The van der Waals surface area contributed by atoms with Crippen molar-refractivity contribution in [2.75, 3.05) is 26.4 Å². The predicted molar refractivity (Wildman–Crippen MR) is 74.8 cm³/mol. The number of sulfonamides is 1. The Hall–Kier alpha value is -0.960. The zero-order valence-corrected chi connectivity index (χ0v) is 12.8. The summed E-state index contributed by atoms with van der Waals surface area (Å²) in [5.41, 5.74) is 0. The number of aliphatic hydroxyl groups excluding tert-OH is 1. The average molecular weight is 305 g/mol. The number of hydrogen-bond donors (Lipinski definition) is 2. The van der Waals surface area contributed by atoms with Crippen molar-refractivity contribution >= 4 is 10.0 Å². The summed E-state index contributed by atoms with van der Waals surface area (Å²) in [7, 11) is -3.54. The lowest BCUT2D eigenvalue weighted by atomic mass is 10.2. The Morgan fingerprint density at radius 3 is 2.90 bits per heavy atom. The molecule has 0 saturated heterocycles. The Bertz CT molecular complexity index is 485. The van der Waals surface area contributed by atoms with Gasteiger partial charge >= 0.3 is 0 Å². The van der Waals surface area contributed by atoms with E-state index in [1.165, 1.54) is 17.1 Å². The van der Waals surface area contributed by atoms with Crippen LogP contribution in [0.2, 0.25) is 0 Å². The lowest BCUT2D eigenvalue weighted by molar-refractivity contribution is 0.114. The van der Waals surface area contributed by atoms with E-state index in [-0.39, 0.29) is 18.0 Å². The van der Waals surface area contributed by atoms with E-state index < -0.39 is 10.0 Å². The Morgan fingerprint density at radius 2 is 2.25 bits per heavy atom. The maximum absolute atomic E-state index is 11.9. The van der Waals surface area contributed by atoms with Crippen molar-refractivity contribution < 1.29 is 18.3 Å². The van der Waals surface area contributed by atoms with E-state index in [1.54, 1.807) is 0 Å². The predicted octanol–water partition coefficient (Wildman–Crippen LogP) is 0.216. The van der Waals surface area contributed by atoms with Crippen LogP contribution in [0, 0.1) is 5.92 Å². The number of nitrogens with one attached hydrogen (secondary N) is 1. The van der Waals surface area contributed by atoms with Crippen molar-refractivity contribution in [1.82, 2.24) is 14.5 Å². The second kappa shape index (κ2) is 8.35. The molecule has 0 fully saturated rings. The van der Waals surface area contributed by atoms with Crippen molar-refractivity contribution in [1.29, 1.82) is 0 Å². The van der Waals surface area contributed by atoms with Gasteiger partial charge in [0.25, 0.3) is 0 Å². The number of nitrogens with zero attached hydrogens (tertiary/aromatic N) is 2. The lowest BCUT2D eigenvalue weighted by Gasteiger charge is -2.07. The maximum atomic E-state index is 11.9. The van der Waals surface area contributed by atoms with Gasteiger partial charge in [-0.05, 0) is 12.3 Å². The molecule has 0 atom stereocenters. The SMILES string of the molecule is CC(C)COCCNS(=O)(=O)c1cnn(CCCO)c1. The molecule has 7 nitrogen and oxygen atoms in total. The molecule has 0 bridgehead atoms. The minimum Gasteiger partial charge on any atom is -0.396 e. The standard InChI is InChI=1S/C12H23N3O4S/c1-11(2)10-19-7-4-14-20(17,18)12-8-13-15(9-12)5-3-6-16/h8-9,11,14,16H,3-7,10H2,1-2H3. The van der Waals surface area contributed by atoms with E-state index in [0.29, 0.717) is 32.1 Å². The van der Waals surface area contributed by atoms with Gasteiger partial charge in [0, 0.05) is 32.5 Å². The smallest absolute Gasteiger partial charge is 0.243 e. The third-order valence-corrected chi connectivity index (χ3v) is 3.87. The fourth-order valence-electron chi connectivity index (χ4n) is 1.49. The number of ether oxygens (including phenoxy) is 1. The normalized spacial score (nSPS) is 12.2. The Morgan fingerprint density at radius 1 is 1.50 bits per heavy atom. The second-order valence-electron chi connectivity index (χ2n) is 4.88. The van der Waals surface area contributed by atoms with Gasteiger partial charge in [-0.25, -0.2) is 13.1 Å². The van der Waals surface area contributed by atoms with Gasteiger partial charge in [0.2, 0.25) is 10.0 Å². The van der Waals surface area contributed by atoms with E-state index in [4.69, 9.17) is 9.84 Å². The molecular formula is C12H23N3O4S. The van der Waals surface area contributed by atoms with Crippen LogP contribution < -0.4 is 4.72 Å². The first-order valence-corrected chi connectivity index (χ1v) is 8.14. The van der Waals surface area contributed by atoms with Gasteiger partial charge in [0.15, 0.2) is 0 Å². The fraction of sp³-hybridized carbons (Fsp3) is 0.750. The van der Waals surface area contributed by atoms with Crippen molar-refractivity contribution in [2.45, 2.75) is 31.7 Å². The van der Waals surface area contributed by atoms with E-state index in [1.807, 2.05) is 13.8 Å². The van der Waals surface area contributed by atoms with Crippen molar-refractivity contribution in [2.24, 2.45) is 5.92 Å². The molecule has 0 aliphatic heterocycles. The number of aliphatic hydroxyl groups is 1. The largest absolute Gasteiger partial charge is 0.396 e. The summed E-state index contributed by atoms with van der Waals surface area (Å²) >= 11 is 0. The van der Waals surface area contributed by atoms with Gasteiger partial charge in [0.05, 0.1) is 12.8 Å². The zero-order chi connectivity index (χ0) is 15.0. The molecule has 0 amide bonds. The van der Waals surface area contributed by atoms with Crippen LogP contribution >= 0.6 is 0 Å². The summed E-state index contributed by atoms with van der Waals surface area (Å²) in [5.74, 6) is 0.427. The highest BCUT2D eigenvalue weighted by molar-refractivity contribution is 7.89. The van der Waals surface area contributed by atoms with Crippen LogP contribution in [-0.4, -0.2) is 49.7 Å². The molecule has 0 aliphatic rings. The molecule has 2 N–H and O–H groups in total. The quantitative estimate of drug-likeness (QED) is 0.603. The average Bonchev–Trinajstić information content (AvgIpc) is 2.85. The lowest BCUT2D eigenvalue weighted by Crippen LogP contribution is -2.27. The van der Waals surface area contributed by atoms with Gasteiger partial charge in [-0.2, -0.15) is 5.10 Å². The van der Waals surface area contributed by atoms with E-state index in [2.05, 4.69) is 9.82 Å². The minimum atomic E-state index is -3.54. The maximum Gasteiger partial charge on any atom is 0.243 e. The molecule has 1 heterocycles. The summed E-state index contributed by atoms with van der Waals surface area (Å²) in [5, 5.41) is 12.7. The number of aromatic nitrogens is 2. The van der Waals surface area contributed by atoms with Gasteiger partial charge in [0.1, 0.15) is 4.90 Å². The Labute approximate surface area is 120 Å². The molecule has 1 aromatic heterocycles. The van der Waals surface area contributed by atoms with Gasteiger partial charge in [-0.1, -0.05) is 13.8 Å². The van der Waals surface area contributed by atoms with Crippen LogP contribution in [0.25, 0.3) is 0 Å². The van der Waals surface area contributed by atoms with E-state index in [9.17, 15) is 8.42 Å². The molecule has 116 valence electrons. The molecule has 20 heavy (non-hydrogen) atoms. The molecule has 8 heteroatoms. The summed E-state index contributed by atoms with van der Waals surface area (Å²) in [6, 6.07) is 0. The monoisotopic (exact) mass is 305 g/mol. The van der Waals surface area contributed by atoms with Gasteiger partial charge in [-0.3, -0.25) is 4.68 Å². The van der Waals surface area contributed by atoms with Crippen molar-refractivity contribution in [3.8, 4) is 0 Å². The Balaban J connectivity index is 2.41. The highest BCUT2D eigenvalue weighted by atomic mass is 32.2. The van der Waals surface area contributed by atoms with Gasteiger partial charge in [-0.15, -0.1) is 0 Å². The summed E-state index contributed by atoms with van der Waals surface area (Å²) in [6.45, 7) is 5.79. The van der Waals surface area contributed by atoms with Crippen LogP contribution in [0.15, 0.2) is 17.3 Å². The van der Waals surface area contributed by atoms with Crippen LogP contribution in [0.4, 0.5) is 0 Å². The molecule has 0 spiro atoms. The summed E-state index contributed by atoms with van der Waals surface area (Å²) in [4.78, 5) is 0.124. The van der Waals surface area contributed by atoms with Crippen molar-refractivity contribution in [3.05, 3.63) is 12.4 Å². The molecule has 0 aromatic carbocycles. The highest BCUT2D eigenvalue weighted by Gasteiger charge is 2.15. The molecule has 1 aromatic rings. The fourth-order valence-corrected chi connectivity index (χ4v) is 2.45. The second-order valence-corrected chi connectivity index (χ2v) is 6.65. The number of hydrogen-bond acceptors (Lipinski definition) is 5. The molecule has 0 radical (unpaired) electrons. The first kappa shape index (κ1) is 17.1. The molecule has 0 unspecified atom stereocenters. The van der Waals surface area contributed by atoms with Crippen LogP contribution in [-0.2, 0) is 21.3 Å². The first-order chi connectivity index (χ1) is 9.45. The topological polar surface area (TPSA) is 93.5 Å².